The third-order valence-electron chi connectivity index (χ3n) is 5.42. The Hall–Kier alpha value is -3.93. The van der Waals surface area contributed by atoms with Crippen molar-refractivity contribution in [3.63, 3.8) is 0 Å². The molecule has 0 atom stereocenters. The molecule has 3 aromatic carbocycles. The molecule has 4 aromatic rings. The molecule has 0 unspecified atom stereocenters. The Morgan fingerprint density at radius 2 is 1.73 bits per heavy atom. The van der Waals surface area contributed by atoms with Gasteiger partial charge in [-0.2, -0.15) is 0 Å². The zero-order valence-electron chi connectivity index (χ0n) is 18.7. The molecule has 0 aliphatic carbocycles. The molecule has 0 spiro atoms. The molecule has 0 saturated carbocycles. The summed E-state index contributed by atoms with van der Waals surface area (Å²) in [5.41, 5.74) is 5.05. The van der Waals surface area contributed by atoms with Gasteiger partial charge in [0.05, 0.1) is 24.2 Å². The van der Waals surface area contributed by atoms with Crippen LogP contribution >= 0.6 is 0 Å². The van der Waals surface area contributed by atoms with Gasteiger partial charge in [0, 0.05) is 16.8 Å². The lowest BCUT2D eigenvalue weighted by Crippen LogP contribution is -2.04. The highest BCUT2D eigenvalue weighted by molar-refractivity contribution is 6.01. The quantitative estimate of drug-likeness (QED) is 0.234. The Morgan fingerprint density at radius 1 is 0.939 bits per heavy atom. The number of hydrogen-bond acceptors (Lipinski definition) is 3. The maximum absolute atomic E-state index is 14.8. The highest BCUT2D eigenvalue weighted by atomic mass is 19.1. The van der Waals surface area contributed by atoms with Crippen molar-refractivity contribution in [2.75, 3.05) is 7.11 Å². The van der Waals surface area contributed by atoms with Crippen molar-refractivity contribution in [1.29, 1.82) is 0 Å². The largest absolute Gasteiger partial charge is 0.497 e. The summed E-state index contributed by atoms with van der Waals surface area (Å²) >= 11 is 0. The molecule has 1 heterocycles. The zero-order valence-corrected chi connectivity index (χ0v) is 18.7. The molecule has 1 aromatic heterocycles. The summed E-state index contributed by atoms with van der Waals surface area (Å²) in [4.78, 5) is 5.48. The van der Waals surface area contributed by atoms with Gasteiger partial charge >= 0.3 is 0 Å². The number of oxime groups is 1. The molecule has 0 bridgehead atoms. The van der Waals surface area contributed by atoms with Gasteiger partial charge in [0.2, 0.25) is 0 Å². The molecular formula is C27H24F2N2O2. The first kappa shape index (κ1) is 22.3. The van der Waals surface area contributed by atoms with E-state index in [1.807, 2.05) is 48.7 Å². The average Bonchev–Trinajstić information content (AvgIpc) is 3.16. The topological polar surface area (TPSA) is 35.8 Å². The molecule has 0 radical (unpaired) electrons. The van der Waals surface area contributed by atoms with Gasteiger partial charge in [-0.3, -0.25) is 0 Å². The van der Waals surface area contributed by atoms with E-state index >= 15 is 0 Å². The first-order valence-electron chi connectivity index (χ1n) is 10.5. The fourth-order valence-electron chi connectivity index (χ4n) is 3.79. The number of para-hydroxylation sites is 1. The Morgan fingerprint density at radius 3 is 2.48 bits per heavy atom. The maximum atomic E-state index is 14.8. The van der Waals surface area contributed by atoms with Crippen LogP contribution in [0.5, 0.6) is 5.75 Å². The van der Waals surface area contributed by atoms with E-state index in [1.165, 1.54) is 18.2 Å². The predicted octanol–water partition coefficient (Wildman–Crippen LogP) is 6.68. The molecular weight excluding hydrogens is 422 g/mol. The molecule has 33 heavy (non-hydrogen) atoms. The van der Waals surface area contributed by atoms with Crippen LogP contribution in [0.2, 0.25) is 0 Å². The van der Waals surface area contributed by atoms with E-state index < -0.39 is 0 Å². The number of benzene rings is 3. The molecule has 0 aliphatic rings. The van der Waals surface area contributed by atoms with Gasteiger partial charge in [-0.05, 0) is 61.9 Å². The summed E-state index contributed by atoms with van der Waals surface area (Å²) in [7, 11) is 1.61. The van der Waals surface area contributed by atoms with E-state index in [0.29, 0.717) is 22.7 Å². The van der Waals surface area contributed by atoms with Gasteiger partial charge in [0.25, 0.3) is 0 Å². The molecule has 0 saturated heterocycles. The highest BCUT2D eigenvalue weighted by Gasteiger charge is 2.19. The summed E-state index contributed by atoms with van der Waals surface area (Å²) in [5.74, 6) is 0.0539. The summed E-state index contributed by atoms with van der Waals surface area (Å²) in [6, 6.07) is 22.4. The highest BCUT2D eigenvalue weighted by Crippen LogP contribution is 2.32. The van der Waals surface area contributed by atoms with Crippen LogP contribution < -0.4 is 4.74 Å². The fourth-order valence-corrected chi connectivity index (χ4v) is 3.79. The molecule has 0 amide bonds. The number of ether oxygens (including phenoxy) is 1. The van der Waals surface area contributed by atoms with Crippen LogP contribution in [0.25, 0.3) is 16.9 Å². The number of nitrogens with zero attached hydrogens (tertiary/aromatic N) is 2. The number of aromatic nitrogens is 1. The summed E-state index contributed by atoms with van der Waals surface area (Å²) in [6.45, 7) is 3.89. The van der Waals surface area contributed by atoms with Crippen molar-refractivity contribution >= 4 is 5.71 Å². The Bertz CT molecular complexity index is 1310. The number of hydrogen-bond donors (Lipinski definition) is 0. The lowest BCUT2D eigenvalue weighted by molar-refractivity contribution is 0.130. The van der Waals surface area contributed by atoms with Gasteiger partial charge in [0.1, 0.15) is 24.0 Å². The van der Waals surface area contributed by atoms with Gasteiger partial charge < -0.3 is 14.1 Å². The second kappa shape index (κ2) is 9.69. The van der Waals surface area contributed by atoms with Gasteiger partial charge in [-0.1, -0.05) is 41.6 Å². The number of halogens is 2. The molecule has 0 aliphatic heterocycles. The zero-order chi connectivity index (χ0) is 23.4. The minimum atomic E-state index is -0.330. The predicted molar refractivity (Wildman–Crippen MR) is 126 cm³/mol. The number of methoxy groups -OCH3 is 1. The van der Waals surface area contributed by atoms with E-state index in [1.54, 1.807) is 37.4 Å². The Balaban J connectivity index is 1.75. The molecule has 0 N–H and O–H groups in total. The van der Waals surface area contributed by atoms with E-state index in [2.05, 4.69) is 5.16 Å². The van der Waals surface area contributed by atoms with Crippen molar-refractivity contribution in [2.45, 2.75) is 20.5 Å². The van der Waals surface area contributed by atoms with Crippen molar-refractivity contribution < 1.29 is 18.4 Å². The smallest absolute Gasteiger partial charge is 0.147 e. The molecule has 0 fully saturated rings. The van der Waals surface area contributed by atoms with Gasteiger partial charge in [-0.25, -0.2) is 8.78 Å². The van der Waals surface area contributed by atoms with Crippen molar-refractivity contribution in [1.82, 2.24) is 4.57 Å². The van der Waals surface area contributed by atoms with Crippen LogP contribution in [0.4, 0.5) is 8.78 Å². The average molecular weight is 446 g/mol. The van der Waals surface area contributed by atoms with Gasteiger partial charge in [-0.15, -0.1) is 0 Å². The Kier molecular flexibility index (Phi) is 6.54. The van der Waals surface area contributed by atoms with E-state index in [4.69, 9.17) is 9.57 Å². The minimum absolute atomic E-state index is 0.144. The standard InChI is InChI=1S/C27H24F2N2O2/c1-18(30-33-17-20-8-6-10-22(28)14-20)24-16-27(21-9-7-11-23(15-21)32-3)31(19(24)2)26-13-5-4-12-25(26)29/h4-16H,17H2,1-3H3/b30-18-. The van der Waals surface area contributed by atoms with Gasteiger partial charge in [0.15, 0.2) is 0 Å². The molecule has 168 valence electrons. The van der Waals surface area contributed by atoms with Crippen molar-refractivity contribution in [2.24, 2.45) is 5.16 Å². The minimum Gasteiger partial charge on any atom is -0.497 e. The lowest BCUT2D eigenvalue weighted by atomic mass is 10.1. The normalized spacial score (nSPS) is 11.5. The first-order chi connectivity index (χ1) is 16.0. The van der Waals surface area contributed by atoms with E-state index in [-0.39, 0.29) is 18.2 Å². The lowest BCUT2D eigenvalue weighted by Gasteiger charge is -2.14. The third-order valence-corrected chi connectivity index (χ3v) is 5.42. The van der Waals surface area contributed by atoms with Crippen LogP contribution in [0, 0.1) is 18.6 Å². The van der Waals surface area contributed by atoms with Crippen LogP contribution in [0.3, 0.4) is 0 Å². The Labute approximate surface area is 191 Å². The maximum Gasteiger partial charge on any atom is 0.147 e. The molecule has 4 rings (SSSR count). The molecule has 6 heteroatoms. The van der Waals surface area contributed by atoms with E-state index in [9.17, 15) is 8.78 Å². The number of rotatable bonds is 7. The second-order valence-corrected chi connectivity index (χ2v) is 7.63. The monoisotopic (exact) mass is 446 g/mol. The van der Waals surface area contributed by atoms with Crippen LogP contribution in [-0.2, 0) is 11.4 Å². The third kappa shape index (κ3) is 4.80. The summed E-state index contributed by atoms with van der Waals surface area (Å²) in [5, 5.41) is 4.24. The van der Waals surface area contributed by atoms with Crippen LogP contribution in [0.1, 0.15) is 23.7 Å². The fraction of sp³-hybridized carbons (Fsp3) is 0.148. The van der Waals surface area contributed by atoms with Crippen LogP contribution in [0.15, 0.2) is 84.0 Å². The van der Waals surface area contributed by atoms with Crippen molar-refractivity contribution in [3.8, 4) is 22.7 Å². The second-order valence-electron chi connectivity index (χ2n) is 7.63. The first-order valence-corrected chi connectivity index (χ1v) is 10.5. The van der Waals surface area contributed by atoms with Crippen molar-refractivity contribution in [3.05, 3.63) is 107 Å². The van der Waals surface area contributed by atoms with Crippen LogP contribution in [-0.4, -0.2) is 17.4 Å². The van der Waals surface area contributed by atoms with E-state index in [0.717, 1.165) is 22.5 Å². The summed E-state index contributed by atoms with van der Waals surface area (Å²) in [6.07, 6.45) is 0. The summed E-state index contributed by atoms with van der Waals surface area (Å²) < 4.78 is 35.4. The molecule has 4 nitrogen and oxygen atoms in total. The SMILES string of the molecule is COc1cccc(-c2cc(/C(C)=N\OCc3cccc(F)c3)c(C)n2-c2ccccc2F)c1.